The van der Waals surface area contributed by atoms with Crippen LogP contribution < -0.4 is 4.90 Å². The lowest BCUT2D eigenvalue weighted by Crippen LogP contribution is -2.48. The van der Waals surface area contributed by atoms with Crippen LogP contribution in [0.3, 0.4) is 0 Å². The maximum absolute atomic E-state index is 10.6. The van der Waals surface area contributed by atoms with E-state index in [0.717, 1.165) is 35.8 Å². The minimum absolute atomic E-state index is 0.109. The first-order chi connectivity index (χ1) is 12.4. The lowest BCUT2D eigenvalue weighted by Gasteiger charge is -2.42. The highest BCUT2D eigenvalue weighted by molar-refractivity contribution is 5.59. The van der Waals surface area contributed by atoms with E-state index >= 15 is 0 Å². The van der Waals surface area contributed by atoms with Crippen molar-refractivity contribution in [3.63, 3.8) is 0 Å². The Morgan fingerprint density at radius 2 is 1.81 bits per heavy atom. The Labute approximate surface area is 153 Å². The zero-order chi connectivity index (χ0) is 18.3. The predicted octanol–water partition coefficient (Wildman–Crippen LogP) is 3.02. The van der Waals surface area contributed by atoms with Crippen molar-refractivity contribution in [1.29, 1.82) is 0 Å². The number of rotatable bonds is 2. The molecule has 0 spiro atoms. The van der Waals surface area contributed by atoms with Gasteiger partial charge in [-0.1, -0.05) is 51.1 Å². The topological polar surface area (TPSA) is 66.6 Å². The summed E-state index contributed by atoms with van der Waals surface area (Å²) in [7, 11) is 0. The van der Waals surface area contributed by atoms with Crippen molar-refractivity contribution in [2.24, 2.45) is 11.3 Å². The van der Waals surface area contributed by atoms with Gasteiger partial charge in [0.15, 0.2) is 11.5 Å². The van der Waals surface area contributed by atoms with E-state index in [1.54, 1.807) is 4.52 Å². The third-order valence-corrected chi connectivity index (χ3v) is 5.30. The van der Waals surface area contributed by atoms with E-state index < -0.39 is 0 Å². The molecule has 0 amide bonds. The van der Waals surface area contributed by atoms with Crippen molar-refractivity contribution >= 4 is 11.5 Å². The molecule has 1 aromatic carbocycles. The second-order valence-corrected chi connectivity index (χ2v) is 8.13. The molecule has 2 atom stereocenters. The summed E-state index contributed by atoms with van der Waals surface area (Å²) >= 11 is 0. The first kappa shape index (κ1) is 17.0. The number of β-amino-alcohol motifs (C(OH)–C–C–N with tert-alkyl or cyclic N) is 1. The van der Waals surface area contributed by atoms with E-state index in [-0.39, 0.29) is 11.5 Å². The molecule has 0 saturated carbocycles. The number of hydrogen-bond donors (Lipinski definition) is 1. The summed E-state index contributed by atoms with van der Waals surface area (Å²) in [5.74, 6) is 1.88. The Morgan fingerprint density at radius 3 is 2.50 bits per heavy atom. The molecule has 4 rings (SSSR count). The van der Waals surface area contributed by atoms with Crippen LogP contribution in [0.2, 0.25) is 0 Å². The minimum atomic E-state index is -0.351. The molecule has 26 heavy (non-hydrogen) atoms. The number of aromatic nitrogens is 4. The lowest BCUT2D eigenvalue weighted by atomic mass is 9.74. The molecule has 6 nitrogen and oxygen atoms in total. The Balaban J connectivity index is 1.64. The fraction of sp³-hybridized carbons (Fsp3) is 0.450. The SMILES string of the molecule is CC(C)(C)[C@H]1CCN(c2ccc3nnc(-c4ccccc4)n3n2)C[C@@H]1O. The van der Waals surface area contributed by atoms with Crippen molar-refractivity contribution in [2.75, 3.05) is 18.0 Å². The molecule has 0 bridgehead atoms. The van der Waals surface area contributed by atoms with E-state index in [9.17, 15) is 5.11 Å². The fourth-order valence-electron chi connectivity index (χ4n) is 3.86. The molecule has 3 heterocycles. The molecule has 0 aliphatic carbocycles. The molecular weight excluding hydrogens is 326 g/mol. The van der Waals surface area contributed by atoms with E-state index in [4.69, 9.17) is 5.10 Å². The van der Waals surface area contributed by atoms with Gasteiger partial charge in [-0.3, -0.25) is 0 Å². The summed E-state index contributed by atoms with van der Waals surface area (Å²) in [5, 5.41) is 23.9. The van der Waals surface area contributed by atoms with Gasteiger partial charge in [-0.05, 0) is 29.9 Å². The highest BCUT2D eigenvalue weighted by Crippen LogP contribution is 2.35. The smallest absolute Gasteiger partial charge is 0.185 e. The van der Waals surface area contributed by atoms with E-state index in [2.05, 4.69) is 35.9 Å². The van der Waals surface area contributed by atoms with Crippen LogP contribution in [0.15, 0.2) is 42.5 Å². The number of hydrogen-bond acceptors (Lipinski definition) is 5. The van der Waals surface area contributed by atoms with Crippen molar-refractivity contribution in [1.82, 2.24) is 19.8 Å². The van der Waals surface area contributed by atoms with Crippen molar-refractivity contribution < 1.29 is 5.11 Å². The molecule has 3 aromatic rings. The molecule has 1 aliphatic rings. The number of aliphatic hydroxyl groups is 1. The predicted molar refractivity (Wildman–Crippen MR) is 102 cm³/mol. The number of fused-ring (bicyclic) bond motifs is 1. The van der Waals surface area contributed by atoms with Crippen LogP contribution >= 0.6 is 0 Å². The van der Waals surface area contributed by atoms with Crippen LogP contribution in [0.25, 0.3) is 17.0 Å². The average Bonchev–Trinajstić information content (AvgIpc) is 3.04. The lowest BCUT2D eigenvalue weighted by molar-refractivity contribution is 0.0291. The zero-order valence-corrected chi connectivity index (χ0v) is 15.5. The Hall–Kier alpha value is -2.47. The van der Waals surface area contributed by atoms with Gasteiger partial charge in [-0.25, -0.2) is 0 Å². The minimum Gasteiger partial charge on any atom is -0.391 e. The quantitative estimate of drug-likeness (QED) is 0.769. The number of nitrogens with zero attached hydrogens (tertiary/aromatic N) is 5. The molecule has 0 unspecified atom stereocenters. The monoisotopic (exact) mass is 351 g/mol. The molecular formula is C20H25N5O. The molecule has 6 heteroatoms. The molecule has 136 valence electrons. The van der Waals surface area contributed by atoms with E-state index in [1.165, 1.54) is 0 Å². The number of anilines is 1. The van der Waals surface area contributed by atoms with Crippen molar-refractivity contribution in [2.45, 2.75) is 33.3 Å². The van der Waals surface area contributed by atoms with E-state index in [0.29, 0.717) is 12.5 Å². The second kappa shape index (κ2) is 6.36. The molecule has 1 saturated heterocycles. The van der Waals surface area contributed by atoms with Gasteiger partial charge in [0.25, 0.3) is 0 Å². The van der Waals surface area contributed by atoms with Crippen LogP contribution in [0.5, 0.6) is 0 Å². The highest BCUT2D eigenvalue weighted by Gasteiger charge is 2.36. The first-order valence-corrected chi connectivity index (χ1v) is 9.14. The average molecular weight is 351 g/mol. The van der Waals surface area contributed by atoms with Gasteiger partial charge >= 0.3 is 0 Å². The number of benzene rings is 1. The summed E-state index contributed by atoms with van der Waals surface area (Å²) in [6.45, 7) is 8.09. The number of aliphatic hydroxyl groups excluding tert-OH is 1. The van der Waals surface area contributed by atoms with Crippen LogP contribution in [0.1, 0.15) is 27.2 Å². The fourth-order valence-corrected chi connectivity index (χ4v) is 3.86. The molecule has 0 radical (unpaired) electrons. The zero-order valence-electron chi connectivity index (χ0n) is 15.5. The van der Waals surface area contributed by atoms with E-state index in [1.807, 2.05) is 42.5 Å². The first-order valence-electron chi connectivity index (χ1n) is 9.14. The molecule has 2 aromatic heterocycles. The second-order valence-electron chi connectivity index (χ2n) is 8.13. The van der Waals surface area contributed by atoms with Crippen molar-refractivity contribution in [3.05, 3.63) is 42.5 Å². The summed E-state index contributed by atoms with van der Waals surface area (Å²) in [6, 6.07) is 13.8. The number of piperidine rings is 1. The van der Waals surface area contributed by atoms with Crippen LogP contribution in [-0.2, 0) is 0 Å². The van der Waals surface area contributed by atoms with Gasteiger partial charge in [0.05, 0.1) is 6.10 Å². The molecule has 1 aliphatic heterocycles. The summed E-state index contributed by atoms with van der Waals surface area (Å²) in [6.07, 6.45) is 0.605. The molecule has 1 fully saturated rings. The maximum Gasteiger partial charge on any atom is 0.185 e. The Kier molecular flexibility index (Phi) is 4.15. The summed E-state index contributed by atoms with van der Waals surface area (Å²) in [4.78, 5) is 2.15. The van der Waals surface area contributed by atoms with Crippen LogP contribution in [-0.4, -0.2) is 44.1 Å². The summed E-state index contributed by atoms with van der Waals surface area (Å²) in [5.41, 5.74) is 1.81. The van der Waals surface area contributed by atoms with Gasteiger partial charge in [0.2, 0.25) is 0 Å². The summed E-state index contributed by atoms with van der Waals surface area (Å²) < 4.78 is 1.78. The normalized spacial score (nSPS) is 21.3. The van der Waals surface area contributed by atoms with Gasteiger partial charge in [0, 0.05) is 18.7 Å². The Bertz CT molecular complexity index is 899. The highest BCUT2D eigenvalue weighted by atomic mass is 16.3. The van der Waals surface area contributed by atoms with Crippen LogP contribution in [0.4, 0.5) is 5.82 Å². The Morgan fingerprint density at radius 1 is 1.04 bits per heavy atom. The maximum atomic E-state index is 10.6. The third kappa shape index (κ3) is 3.05. The van der Waals surface area contributed by atoms with Gasteiger partial charge in [-0.2, -0.15) is 4.52 Å². The van der Waals surface area contributed by atoms with Gasteiger partial charge in [0.1, 0.15) is 5.82 Å². The molecule has 1 N–H and O–H groups in total. The third-order valence-electron chi connectivity index (χ3n) is 5.30. The van der Waals surface area contributed by atoms with Gasteiger partial charge < -0.3 is 10.0 Å². The standard InChI is InChI=1S/C20H25N5O/c1-20(2,3)15-11-12-24(13-16(15)26)18-10-9-17-21-22-19(25(17)23-18)14-7-5-4-6-8-14/h4-10,15-16,26H,11-13H2,1-3H3/t15-,16-/m0/s1. The largest absolute Gasteiger partial charge is 0.391 e. The van der Waals surface area contributed by atoms with Crippen LogP contribution in [0, 0.1) is 11.3 Å². The van der Waals surface area contributed by atoms with Crippen molar-refractivity contribution in [3.8, 4) is 11.4 Å². The van der Waals surface area contributed by atoms with Gasteiger partial charge in [-0.15, -0.1) is 15.3 Å².